The van der Waals surface area contributed by atoms with E-state index in [1.54, 1.807) is 0 Å². The molecule has 0 aliphatic carbocycles. The van der Waals surface area contributed by atoms with Gasteiger partial charge in [0, 0.05) is 13.1 Å². The van der Waals surface area contributed by atoms with Gasteiger partial charge in [-0.15, -0.1) is 0 Å². The molecule has 0 heterocycles. The molecular formula is C10H13N2O. The Balaban J connectivity index is 2.37. The van der Waals surface area contributed by atoms with E-state index in [1.807, 2.05) is 30.3 Å². The highest BCUT2D eigenvalue weighted by molar-refractivity contribution is 5.78. The van der Waals surface area contributed by atoms with Gasteiger partial charge in [-0.1, -0.05) is 30.3 Å². The largest absolute Gasteiger partial charge is 0.354 e. The van der Waals surface area contributed by atoms with Crippen LogP contribution >= 0.6 is 0 Å². The van der Waals surface area contributed by atoms with Crippen molar-refractivity contribution in [1.82, 2.24) is 11.1 Å². The number of hydrogen-bond acceptors (Lipinski definition) is 1. The van der Waals surface area contributed by atoms with Crippen LogP contribution in [0.3, 0.4) is 0 Å². The molecule has 1 aromatic rings. The van der Waals surface area contributed by atoms with E-state index >= 15 is 0 Å². The Morgan fingerprint density at radius 3 is 2.62 bits per heavy atom. The highest BCUT2D eigenvalue weighted by Gasteiger charge is 2.00. The minimum absolute atomic E-state index is 0.0153. The lowest BCUT2D eigenvalue weighted by Crippen LogP contribution is -2.28. The van der Waals surface area contributed by atoms with Gasteiger partial charge in [-0.3, -0.25) is 10.5 Å². The lowest BCUT2D eigenvalue weighted by atomic mass is 10.1. The number of rotatable bonds is 4. The Morgan fingerprint density at radius 2 is 2.00 bits per heavy atom. The third kappa shape index (κ3) is 3.71. The van der Waals surface area contributed by atoms with E-state index < -0.39 is 0 Å². The summed E-state index contributed by atoms with van der Waals surface area (Å²) in [7, 11) is 0. The van der Waals surface area contributed by atoms with E-state index in [0.717, 1.165) is 5.56 Å². The van der Waals surface area contributed by atoms with Gasteiger partial charge in [0.1, 0.15) is 0 Å². The highest BCUT2D eigenvalue weighted by atomic mass is 16.1. The molecule has 13 heavy (non-hydrogen) atoms. The molecule has 0 spiro atoms. The Hall–Kier alpha value is -1.35. The van der Waals surface area contributed by atoms with Gasteiger partial charge in [-0.25, -0.2) is 0 Å². The minimum atomic E-state index is -0.0153. The Kier molecular flexibility index (Phi) is 3.99. The summed E-state index contributed by atoms with van der Waals surface area (Å²) < 4.78 is 0. The summed E-state index contributed by atoms with van der Waals surface area (Å²) in [5.41, 5.74) is 7.87. The van der Waals surface area contributed by atoms with Gasteiger partial charge >= 0.3 is 0 Å². The van der Waals surface area contributed by atoms with Crippen LogP contribution in [0.5, 0.6) is 0 Å². The molecule has 0 aliphatic heterocycles. The van der Waals surface area contributed by atoms with Crippen LogP contribution in [0.4, 0.5) is 0 Å². The predicted octanol–water partition coefficient (Wildman–Crippen LogP) is 0.628. The zero-order valence-electron chi connectivity index (χ0n) is 7.42. The molecule has 3 nitrogen and oxygen atoms in total. The van der Waals surface area contributed by atoms with E-state index in [4.69, 9.17) is 5.73 Å². The summed E-state index contributed by atoms with van der Waals surface area (Å²) in [5, 5.41) is 2.65. The fourth-order valence-electron chi connectivity index (χ4n) is 1.05. The standard InChI is InChI=1S/C10H13N2O/c11-6-7-12-10(13)8-9-4-2-1-3-5-9/h1-5,11H,6-8H2,(H,12,13). The predicted molar refractivity (Wildman–Crippen MR) is 51.1 cm³/mol. The normalized spacial score (nSPS) is 9.62. The first kappa shape index (κ1) is 9.74. The van der Waals surface area contributed by atoms with Crippen LogP contribution in [0.15, 0.2) is 30.3 Å². The molecule has 1 amide bonds. The van der Waals surface area contributed by atoms with Crippen LogP contribution in [0, 0.1) is 0 Å². The van der Waals surface area contributed by atoms with Crippen molar-refractivity contribution in [2.75, 3.05) is 13.1 Å². The van der Waals surface area contributed by atoms with Crippen LogP contribution in [0.25, 0.3) is 0 Å². The molecule has 3 heteroatoms. The molecule has 0 fully saturated rings. The van der Waals surface area contributed by atoms with Gasteiger partial charge in [0.15, 0.2) is 0 Å². The number of hydrogen-bond donors (Lipinski definition) is 1. The van der Waals surface area contributed by atoms with Gasteiger partial charge in [-0.2, -0.15) is 0 Å². The SMILES string of the molecule is [NH]CCNC(=O)Cc1ccccc1. The molecule has 0 atom stereocenters. The van der Waals surface area contributed by atoms with Crippen molar-refractivity contribution in [3.63, 3.8) is 0 Å². The molecule has 0 unspecified atom stereocenters. The Labute approximate surface area is 77.9 Å². The van der Waals surface area contributed by atoms with Crippen molar-refractivity contribution in [2.24, 2.45) is 0 Å². The van der Waals surface area contributed by atoms with Crippen molar-refractivity contribution < 1.29 is 4.79 Å². The average Bonchev–Trinajstić information content (AvgIpc) is 2.16. The second kappa shape index (κ2) is 5.32. The Morgan fingerprint density at radius 1 is 1.31 bits per heavy atom. The van der Waals surface area contributed by atoms with Crippen molar-refractivity contribution in [3.8, 4) is 0 Å². The first-order valence-electron chi connectivity index (χ1n) is 4.28. The number of carbonyl (C=O) groups excluding carboxylic acids is 1. The lowest BCUT2D eigenvalue weighted by Gasteiger charge is -2.02. The molecule has 1 rings (SSSR count). The maximum Gasteiger partial charge on any atom is 0.224 e. The summed E-state index contributed by atoms with van der Waals surface area (Å²) in [6.07, 6.45) is 0.404. The second-order valence-corrected chi connectivity index (χ2v) is 2.76. The molecule has 1 radical (unpaired) electrons. The van der Waals surface area contributed by atoms with Gasteiger partial charge in [0.25, 0.3) is 0 Å². The summed E-state index contributed by atoms with van der Waals surface area (Å²) in [5.74, 6) is -0.0153. The molecule has 0 saturated carbocycles. The first-order valence-corrected chi connectivity index (χ1v) is 4.28. The summed E-state index contributed by atoms with van der Waals surface area (Å²) in [6, 6.07) is 9.58. The molecule has 0 bridgehead atoms. The van der Waals surface area contributed by atoms with Crippen LogP contribution in [-0.2, 0) is 11.2 Å². The van der Waals surface area contributed by atoms with Crippen molar-refractivity contribution >= 4 is 5.91 Å². The molecule has 2 N–H and O–H groups in total. The van der Waals surface area contributed by atoms with E-state index in [1.165, 1.54) is 0 Å². The van der Waals surface area contributed by atoms with Crippen LogP contribution in [-0.4, -0.2) is 19.0 Å². The molecule has 0 aliphatic rings. The zero-order valence-corrected chi connectivity index (χ0v) is 7.42. The number of benzene rings is 1. The third-order valence-electron chi connectivity index (χ3n) is 1.65. The maximum absolute atomic E-state index is 11.2. The van der Waals surface area contributed by atoms with Crippen LogP contribution < -0.4 is 11.1 Å². The second-order valence-electron chi connectivity index (χ2n) is 2.76. The summed E-state index contributed by atoms with van der Waals surface area (Å²) in [4.78, 5) is 11.2. The van der Waals surface area contributed by atoms with Crippen molar-refractivity contribution in [1.29, 1.82) is 0 Å². The van der Waals surface area contributed by atoms with Crippen molar-refractivity contribution in [2.45, 2.75) is 6.42 Å². The number of carbonyl (C=O) groups is 1. The number of amides is 1. The van der Waals surface area contributed by atoms with E-state index in [9.17, 15) is 4.79 Å². The smallest absolute Gasteiger partial charge is 0.224 e. The molecule has 1 aromatic carbocycles. The zero-order chi connectivity index (χ0) is 9.52. The average molecular weight is 177 g/mol. The number of nitrogens with one attached hydrogen (secondary N) is 2. The van der Waals surface area contributed by atoms with Gasteiger partial charge in [0.2, 0.25) is 5.91 Å². The van der Waals surface area contributed by atoms with Gasteiger partial charge in [0.05, 0.1) is 6.42 Å². The first-order chi connectivity index (χ1) is 6.33. The quantitative estimate of drug-likeness (QED) is 0.720. The molecule has 0 saturated heterocycles. The monoisotopic (exact) mass is 177 g/mol. The van der Waals surface area contributed by atoms with Gasteiger partial charge in [-0.05, 0) is 5.56 Å². The molecular weight excluding hydrogens is 164 g/mol. The fraction of sp³-hybridized carbons (Fsp3) is 0.300. The minimum Gasteiger partial charge on any atom is -0.354 e. The third-order valence-corrected chi connectivity index (χ3v) is 1.65. The van der Waals surface area contributed by atoms with Crippen LogP contribution in [0.2, 0.25) is 0 Å². The van der Waals surface area contributed by atoms with E-state index in [-0.39, 0.29) is 12.5 Å². The topological polar surface area (TPSA) is 52.9 Å². The van der Waals surface area contributed by atoms with E-state index in [2.05, 4.69) is 5.32 Å². The lowest BCUT2D eigenvalue weighted by molar-refractivity contribution is -0.120. The fourth-order valence-corrected chi connectivity index (χ4v) is 1.05. The van der Waals surface area contributed by atoms with E-state index in [0.29, 0.717) is 13.0 Å². The van der Waals surface area contributed by atoms with Gasteiger partial charge < -0.3 is 5.32 Å². The maximum atomic E-state index is 11.2. The summed E-state index contributed by atoms with van der Waals surface area (Å²) in [6.45, 7) is 0.673. The highest BCUT2D eigenvalue weighted by Crippen LogP contribution is 1.98. The van der Waals surface area contributed by atoms with Crippen LogP contribution in [0.1, 0.15) is 5.56 Å². The molecule has 69 valence electrons. The summed E-state index contributed by atoms with van der Waals surface area (Å²) >= 11 is 0. The van der Waals surface area contributed by atoms with Crippen molar-refractivity contribution in [3.05, 3.63) is 35.9 Å². The Bertz CT molecular complexity index is 259. The molecule has 0 aromatic heterocycles.